The lowest BCUT2D eigenvalue weighted by Crippen LogP contribution is -1.96. The normalized spacial score (nSPS) is 28.2. The van der Waals surface area contributed by atoms with Gasteiger partial charge in [0.1, 0.15) is 5.82 Å². The van der Waals surface area contributed by atoms with E-state index in [2.05, 4.69) is 22.1 Å². The second-order valence-corrected chi connectivity index (χ2v) is 4.16. The summed E-state index contributed by atoms with van der Waals surface area (Å²) in [6.45, 7) is 2.29. The van der Waals surface area contributed by atoms with Crippen molar-refractivity contribution in [2.45, 2.75) is 38.0 Å². The van der Waals surface area contributed by atoms with Gasteiger partial charge in [-0.15, -0.1) is 11.6 Å². The van der Waals surface area contributed by atoms with Crippen LogP contribution in [0.25, 0.3) is 0 Å². The van der Waals surface area contributed by atoms with Gasteiger partial charge in [-0.2, -0.15) is 5.10 Å². The van der Waals surface area contributed by atoms with E-state index in [-0.39, 0.29) is 0 Å². The van der Waals surface area contributed by atoms with Crippen LogP contribution in [0.3, 0.4) is 0 Å². The number of hydrogen-bond donors (Lipinski definition) is 1. The number of alkyl halides is 1. The van der Waals surface area contributed by atoms with Gasteiger partial charge in [-0.3, -0.25) is 5.10 Å². The quantitative estimate of drug-likeness (QED) is 0.744. The molecule has 1 heterocycles. The minimum atomic E-state index is 0.426. The highest BCUT2D eigenvalue weighted by molar-refractivity contribution is 6.16. The van der Waals surface area contributed by atoms with Crippen LogP contribution in [0, 0.1) is 5.92 Å². The van der Waals surface area contributed by atoms with Gasteiger partial charge in [-0.1, -0.05) is 6.92 Å². The number of halogens is 1. The van der Waals surface area contributed by atoms with Crippen molar-refractivity contribution >= 4 is 11.6 Å². The van der Waals surface area contributed by atoms with Crippen LogP contribution in [0.2, 0.25) is 0 Å². The van der Waals surface area contributed by atoms with Crippen LogP contribution in [0.15, 0.2) is 0 Å². The molecule has 1 aromatic rings. The van der Waals surface area contributed by atoms with E-state index < -0.39 is 0 Å². The summed E-state index contributed by atoms with van der Waals surface area (Å²) >= 11 is 5.64. The molecule has 0 bridgehead atoms. The zero-order valence-corrected chi connectivity index (χ0v) is 8.51. The Balaban J connectivity index is 2.08. The second-order valence-electron chi connectivity index (χ2n) is 3.89. The highest BCUT2D eigenvalue weighted by atomic mass is 35.5. The molecule has 4 heteroatoms. The van der Waals surface area contributed by atoms with Crippen LogP contribution >= 0.6 is 11.6 Å². The first kappa shape index (κ1) is 9.00. The van der Waals surface area contributed by atoms with Crippen molar-refractivity contribution in [3.63, 3.8) is 0 Å². The molecule has 0 saturated heterocycles. The van der Waals surface area contributed by atoms with Crippen LogP contribution in [0.4, 0.5) is 0 Å². The van der Waals surface area contributed by atoms with Gasteiger partial charge in [-0.25, -0.2) is 4.98 Å². The highest BCUT2D eigenvalue weighted by Gasteiger charge is 2.25. The van der Waals surface area contributed by atoms with E-state index in [1.807, 2.05) is 0 Å². The second kappa shape index (κ2) is 3.66. The fraction of sp³-hybridized carbons (Fsp3) is 0.778. The summed E-state index contributed by atoms with van der Waals surface area (Å²) in [7, 11) is 0. The van der Waals surface area contributed by atoms with Crippen LogP contribution in [0.1, 0.15) is 43.8 Å². The standard InChI is InChI=1S/C9H14ClN3/c1-6-2-3-7(4-6)9-11-8(5-10)12-13-9/h6-7H,2-5H2,1H3,(H,11,12,13). The van der Waals surface area contributed by atoms with Gasteiger partial charge in [0.25, 0.3) is 0 Å². The predicted molar refractivity (Wildman–Crippen MR) is 51.7 cm³/mol. The minimum absolute atomic E-state index is 0.426. The first-order valence-electron chi connectivity index (χ1n) is 4.76. The first-order chi connectivity index (χ1) is 6.29. The topological polar surface area (TPSA) is 41.6 Å². The van der Waals surface area contributed by atoms with E-state index in [9.17, 15) is 0 Å². The lowest BCUT2D eigenvalue weighted by Gasteiger charge is -2.02. The molecule has 0 spiro atoms. The Morgan fingerprint density at radius 2 is 2.38 bits per heavy atom. The number of nitrogens with one attached hydrogen (secondary N) is 1. The summed E-state index contributed by atoms with van der Waals surface area (Å²) in [6, 6.07) is 0. The molecule has 2 atom stereocenters. The largest absolute Gasteiger partial charge is 0.262 e. The third kappa shape index (κ3) is 1.85. The lowest BCUT2D eigenvalue weighted by molar-refractivity contribution is 0.586. The molecular weight excluding hydrogens is 186 g/mol. The number of hydrogen-bond acceptors (Lipinski definition) is 2. The number of H-pyrrole nitrogens is 1. The van der Waals surface area contributed by atoms with Gasteiger partial charge >= 0.3 is 0 Å². The van der Waals surface area contributed by atoms with Gasteiger partial charge in [-0.05, 0) is 25.2 Å². The van der Waals surface area contributed by atoms with Gasteiger partial charge in [0.05, 0.1) is 5.88 Å². The summed E-state index contributed by atoms with van der Waals surface area (Å²) in [5.74, 6) is 3.55. The Bertz CT molecular complexity index is 284. The smallest absolute Gasteiger partial charge is 0.153 e. The maximum absolute atomic E-state index is 5.64. The van der Waals surface area contributed by atoms with E-state index in [0.717, 1.165) is 17.6 Å². The third-order valence-corrected chi connectivity index (χ3v) is 2.99. The van der Waals surface area contributed by atoms with Crippen molar-refractivity contribution in [3.05, 3.63) is 11.6 Å². The molecule has 1 aromatic heterocycles. The van der Waals surface area contributed by atoms with Gasteiger partial charge in [0.15, 0.2) is 5.82 Å². The summed E-state index contributed by atoms with van der Waals surface area (Å²) in [5.41, 5.74) is 0. The van der Waals surface area contributed by atoms with Crippen molar-refractivity contribution in [1.29, 1.82) is 0 Å². The monoisotopic (exact) mass is 199 g/mol. The summed E-state index contributed by atoms with van der Waals surface area (Å²) < 4.78 is 0. The molecule has 72 valence electrons. The van der Waals surface area contributed by atoms with Crippen LogP contribution in [-0.4, -0.2) is 15.2 Å². The Morgan fingerprint density at radius 3 is 2.92 bits per heavy atom. The maximum Gasteiger partial charge on any atom is 0.153 e. The summed E-state index contributed by atoms with van der Waals surface area (Å²) in [6.07, 6.45) is 3.75. The average molecular weight is 200 g/mol. The fourth-order valence-corrected chi connectivity index (χ4v) is 2.11. The zero-order chi connectivity index (χ0) is 9.26. The van der Waals surface area contributed by atoms with Crippen molar-refractivity contribution in [3.8, 4) is 0 Å². The third-order valence-electron chi connectivity index (χ3n) is 2.74. The van der Waals surface area contributed by atoms with Crippen molar-refractivity contribution in [1.82, 2.24) is 15.2 Å². The van der Waals surface area contributed by atoms with Crippen LogP contribution in [-0.2, 0) is 5.88 Å². The van der Waals surface area contributed by atoms with Crippen molar-refractivity contribution < 1.29 is 0 Å². The Hall–Kier alpha value is -0.570. The summed E-state index contributed by atoms with van der Waals surface area (Å²) in [5, 5.41) is 7.04. The number of aromatic nitrogens is 3. The molecule has 1 N–H and O–H groups in total. The molecule has 13 heavy (non-hydrogen) atoms. The van der Waals surface area contributed by atoms with Crippen molar-refractivity contribution in [2.24, 2.45) is 5.92 Å². The number of rotatable bonds is 2. The van der Waals surface area contributed by atoms with E-state index in [0.29, 0.717) is 11.8 Å². The molecule has 2 unspecified atom stereocenters. The molecule has 1 aliphatic carbocycles. The molecule has 1 aliphatic rings. The van der Waals surface area contributed by atoms with Crippen molar-refractivity contribution in [2.75, 3.05) is 0 Å². The molecule has 1 fully saturated rings. The Morgan fingerprint density at radius 1 is 1.54 bits per heavy atom. The van der Waals surface area contributed by atoms with Crippen LogP contribution in [0.5, 0.6) is 0 Å². The average Bonchev–Trinajstić information content (AvgIpc) is 2.71. The minimum Gasteiger partial charge on any atom is -0.262 e. The maximum atomic E-state index is 5.64. The molecule has 0 aromatic carbocycles. The molecule has 0 radical (unpaired) electrons. The first-order valence-corrected chi connectivity index (χ1v) is 5.30. The van der Waals surface area contributed by atoms with E-state index in [1.165, 1.54) is 19.3 Å². The summed E-state index contributed by atoms with van der Waals surface area (Å²) in [4.78, 5) is 4.35. The molecule has 2 rings (SSSR count). The zero-order valence-electron chi connectivity index (χ0n) is 7.76. The van der Waals surface area contributed by atoms with Crippen LogP contribution < -0.4 is 0 Å². The number of nitrogens with zero attached hydrogens (tertiary/aromatic N) is 2. The van der Waals surface area contributed by atoms with Gasteiger partial charge < -0.3 is 0 Å². The van der Waals surface area contributed by atoms with E-state index in [1.54, 1.807) is 0 Å². The van der Waals surface area contributed by atoms with E-state index in [4.69, 9.17) is 11.6 Å². The molecule has 1 saturated carbocycles. The fourth-order valence-electron chi connectivity index (χ4n) is 1.99. The molecular formula is C9H14ClN3. The van der Waals surface area contributed by atoms with E-state index >= 15 is 0 Å². The molecule has 3 nitrogen and oxygen atoms in total. The molecule has 0 amide bonds. The SMILES string of the molecule is CC1CCC(c2n[nH]c(CCl)n2)C1. The van der Waals surface area contributed by atoms with Gasteiger partial charge in [0.2, 0.25) is 0 Å². The highest BCUT2D eigenvalue weighted by Crippen LogP contribution is 2.36. The lowest BCUT2D eigenvalue weighted by atomic mass is 10.1. The predicted octanol–water partition coefficient (Wildman–Crippen LogP) is 2.45. The van der Waals surface area contributed by atoms with Gasteiger partial charge in [0, 0.05) is 5.92 Å². The Labute approximate surface area is 82.9 Å². The Kier molecular flexibility index (Phi) is 2.54. The number of aromatic amines is 1. The molecule has 0 aliphatic heterocycles.